The number of carbonyl (C=O) groups is 1. The van der Waals surface area contributed by atoms with E-state index in [1.54, 1.807) is 12.3 Å². The Morgan fingerprint density at radius 2 is 2.31 bits per heavy atom. The van der Waals surface area contributed by atoms with Gasteiger partial charge < -0.3 is 10.1 Å². The van der Waals surface area contributed by atoms with Gasteiger partial charge in [-0.25, -0.2) is 14.8 Å². The standard InChI is InChI=1S/C7H4BrN3O2/c8-4-3-1-2-9-5(3)11-6(10-4)7(12)13/h1-2H,(H,12,13)(H,9,10,11). The minimum Gasteiger partial charge on any atom is -0.475 e. The minimum atomic E-state index is -1.14. The number of aromatic carboxylic acids is 1. The third-order valence-corrected chi connectivity index (χ3v) is 2.16. The van der Waals surface area contributed by atoms with E-state index in [1.807, 2.05) is 0 Å². The van der Waals surface area contributed by atoms with Crippen molar-refractivity contribution in [2.24, 2.45) is 0 Å². The van der Waals surface area contributed by atoms with E-state index in [4.69, 9.17) is 5.11 Å². The Labute approximate surface area is 80.9 Å². The van der Waals surface area contributed by atoms with Crippen LogP contribution < -0.4 is 0 Å². The number of nitrogens with zero attached hydrogens (tertiary/aromatic N) is 2. The SMILES string of the molecule is O=C(O)c1nc(Br)c2cc[nH]c2n1. The maximum Gasteiger partial charge on any atom is 0.374 e. The van der Waals surface area contributed by atoms with Gasteiger partial charge in [0.15, 0.2) is 0 Å². The fraction of sp³-hybridized carbons (Fsp3) is 0. The summed E-state index contributed by atoms with van der Waals surface area (Å²) in [5.74, 6) is -1.36. The lowest BCUT2D eigenvalue weighted by Crippen LogP contribution is -2.04. The molecule has 2 heterocycles. The van der Waals surface area contributed by atoms with Gasteiger partial charge in [-0.15, -0.1) is 0 Å². The van der Waals surface area contributed by atoms with E-state index in [0.717, 1.165) is 5.39 Å². The molecule has 0 spiro atoms. The molecule has 2 rings (SSSR count). The summed E-state index contributed by atoms with van der Waals surface area (Å²) in [6.45, 7) is 0. The molecule has 0 atom stereocenters. The van der Waals surface area contributed by atoms with Crippen LogP contribution in [0.4, 0.5) is 0 Å². The molecule has 5 nitrogen and oxygen atoms in total. The molecule has 2 N–H and O–H groups in total. The molecule has 13 heavy (non-hydrogen) atoms. The molecule has 0 aliphatic heterocycles. The van der Waals surface area contributed by atoms with Crippen molar-refractivity contribution in [3.63, 3.8) is 0 Å². The fourth-order valence-electron chi connectivity index (χ4n) is 0.999. The predicted molar refractivity (Wildman–Crippen MR) is 48.5 cm³/mol. The Bertz CT molecular complexity index is 480. The third kappa shape index (κ3) is 1.29. The normalized spacial score (nSPS) is 10.5. The first kappa shape index (κ1) is 8.18. The second-order valence-electron chi connectivity index (χ2n) is 2.38. The number of nitrogens with one attached hydrogen (secondary N) is 1. The highest BCUT2D eigenvalue weighted by molar-refractivity contribution is 9.10. The average Bonchev–Trinajstić information content (AvgIpc) is 2.51. The highest BCUT2D eigenvalue weighted by atomic mass is 79.9. The summed E-state index contributed by atoms with van der Waals surface area (Å²) in [5, 5.41) is 9.42. The molecule has 66 valence electrons. The van der Waals surface area contributed by atoms with Gasteiger partial charge in [0.2, 0.25) is 5.82 Å². The van der Waals surface area contributed by atoms with E-state index in [9.17, 15) is 4.79 Å². The summed E-state index contributed by atoms with van der Waals surface area (Å²) in [6, 6.07) is 1.77. The molecule has 0 amide bonds. The minimum absolute atomic E-state index is 0.221. The van der Waals surface area contributed by atoms with E-state index < -0.39 is 5.97 Å². The monoisotopic (exact) mass is 241 g/mol. The smallest absolute Gasteiger partial charge is 0.374 e. The van der Waals surface area contributed by atoms with Crippen LogP contribution in [0.1, 0.15) is 10.6 Å². The zero-order valence-electron chi connectivity index (χ0n) is 6.28. The Kier molecular flexibility index (Phi) is 1.77. The second kappa shape index (κ2) is 2.81. The number of aromatic nitrogens is 3. The van der Waals surface area contributed by atoms with Crippen molar-refractivity contribution in [3.8, 4) is 0 Å². The lowest BCUT2D eigenvalue weighted by Gasteiger charge is -1.95. The van der Waals surface area contributed by atoms with Crippen molar-refractivity contribution < 1.29 is 9.90 Å². The largest absolute Gasteiger partial charge is 0.475 e. The molecule has 0 aliphatic carbocycles. The molecule has 2 aromatic heterocycles. The zero-order valence-corrected chi connectivity index (χ0v) is 7.87. The summed E-state index contributed by atoms with van der Waals surface area (Å²) in [7, 11) is 0. The number of aromatic amines is 1. The number of hydrogen-bond donors (Lipinski definition) is 2. The van der Waals surface area contributed by atoms with E-state index in [2.05, 4.69) is 30.9 Å². The molecule has 0 unspecified atom stereocenters. The Balaban J connectivity index is 2.77. The summed E-state index contributed by atoms with van der Waals surface area (Å²) in [5.41, 5.74) is 0.513. The van der Waals surface area contributed by atoms with Crippen LogP contribution >= 0.6 is 15.9 Å². The average molecular weight is 242 g/mol. The Morgan fingerprint density at radius 3 is 3.00 bits per heavy atom. The first-order valence-electron chi connectivity index (χ1n) is 3.42. The molecule has 2 aromatic rings. The molecule has 0 aliphatic rings. The fourth-order valence-corrected chi connectivity index (χ4v) is 1.49. The quantitative estimate of drug-likeness (QED) is 0.741. The van der Waals surface area contributed by atoms with Crippen LogP contribution in [0.15, 0.2) is 16.9 Å². The van der Waals surface area contributed by atoms with E-state index in [0.29, 0.717) is 10.3 Å². The number of rotatable bonds is 1. The van der Waals surface area contributed by atoms with Crippen molar-refractivity contribution in [1.29, 1.82) is 0 Å². The van der Waals surface area contributed by atoms with Crippen LogP contribution in [0.2, 0.25) is 0 Å². The molecule has 0 saturated heterocycles. The van der Waals surface area contributed by atoms with Crippen molar-refractivity contribution in [2.75, 3.05) is 0 Å². The maximum atomic E-state index is 10.6. The molecule has 0 fully saturated rings. The summed E-state index contributed by atoms with van der Waals surface area (Å²) >= 11 is 3.16. The van der Waals surface area contributed by atoms with Gasteiger partial charge in [-0.3, -0.25) is 0 Å². The van der Waals surface area contributed by atoms with Crippen molar-refractivity contribution in [2.45, 2.75) is 0 Å². The molecule has 6 heteroatoms. The predicted octanol–water partition coefficient (Wildman–Crippen LogP) is 1.42. The number of carboxylic acid groups (broad SMARTS) is 1. The number of fused-ring (bicyclic) bond motifs is 1. The molecular weight excluding hydrogens is 238 g/mol. The maximum absolute atomic E-state index is 10.6. The lowest BCUT2D eigenvalue weighted by atomic mass is 10.4. The molecule has 0 bridgehead atoms. The van der Waals surface area contributed by atoms with Crippen molar-refractivity contribution in [3.05, 3.63) is 22.7 Å². The van der Waals surface area contributed by atoms with Crippen molar-refractivity contribution >= 4 is 32.9 Å². The zero-order chi connectivity index (χ0) is 9.42. The third-order valence-electron chi connectivity index (χ3n) is 1.56. The summed E-state index contributed by atoms with van der Waals surface area (Å²) in [6.07, 6.45) is 1.68. The summed E-state index contributed by atoms with van der Waals surface area (Å²) < 4.78 is 0.483. The molecule has 0 radical (unpaired) electrons. The van der Waals surface area contributed by atoms with E-state index in [1.165, 1.54) is 0 Å². The van der Waals surface area contributed by atoms with E-state index in [-0.39, 0.29) is 5.82 Å². The Hall–Kier alpha value is -1.43. The van der Waals surface area contributed by atoms with Crippen LogP contribution in [0.5, 0.6) is 0 Å². The van der Waals surface area contributed by atoms with Gasteiger partial charge in [-0.1, -0.05) is 0 Å². The van der Waals surface area contributed by atoms with Gasteiger partial charge in [0, 0.05) is 6.20 Å². The molecular formula is C7H4BrN3O2. The first-order chi connectivity index (χ1) is 6.18. The van der Waals surface area contributed by atoms with Crippen LogP contribution in [-0.4, -0.2) is 26.0 Å². The summed E-state index contributed by atoms with van der Waals surface area (Å²) in [4.78, 5) is 20.9. The van der Waals surface area contributed by atoms with Crippen molar-refractivity contribution in [1.82, 2.24) is 15.0 Å². The van der Waals surface area contributed by atoms with Gasteiger partial charge in [0.1, 0.15) is 10.3 Å². The van der Waals surface area contributed by atoms with E-state index >= 15 is 0 Å². The highest BCUT2D eigenvalue weighted by Gasteiger charge is 2.11. The molecule has 0 aromatic carbocycles. The number of carboxylic acids is 1. The van der Waals surface area contributed by atoms with Crippen LogP contribution in [0, 0.1) is 0 Å². The molecule has 0 saturated carbocycles. The van der Waals surface area contributed by atoms with Gasteiger partial charge in [-0.2, -0.15) is 0 Å². The highest BCUT2D eigenvalue weighted by Crippen LogP contribution is 2.19. The number of halogens is 1. The first-order valence-corrected chi connectivity index (χ1v) is 4.21. The van der Waals surface area contributed by atoms with Crippen LogP contribution in [0.25, 0.3) is 11.0 Å². The van der Waals surface area contributed by atoms with Crippen LogP contribution in [0.3, 0.4) is 0 Å². The van der Waals surface area contributed by atoms with Crippen LogP contribution in [-0.2, 0) is 0 Å². The number of H-pyrrole nitrogens is 1. The lowest BCUT2D eigenvalue weighted by molar-refractivity contribution is 0.0683. The number of hydrogen-bond acceptors (Lipinski definition) is 3. The Morgan fingerprint density at radius 1 is 1.54 bits per heavy atom. The van der Waals surface area contributed by atoms with Gasteiger partial charge in [0.05, 0.1) is 5.39 Å². The van der Waals surface area contributed by atoms with Gasteiger partial charge >= 0.3 is 5.97 Å². The topological polar surface area (TPSA) is 78.9 Å². The van der Waals surface area contributed by atoms with Gasteiger partial charge in [-0.05, 0) is 22.0 Å². The van der Waals surface area contributed by atoms with Gasteiger partial charge in [0.25, 0.3) is 0 Å². The second-order valence-corrected chi connectivity index (χ2v) is 3.13.